The number of nitrogens with zero attached hydrogens (tertiary/aromatic N) is 1. The van der Waals surface area contributed by atoms with Crippen LogP contribution in [0, 0.1) is 12.3 Å². The van der Waals surface area contributed by atoms with Crippen LogP contribution in [0.3, 0.4) is 0 Å². The zero-order valence-electron chi connectivity index (χ0n) is 21.9. The Balaban J connectivity index is 0.00000900. The molecular weight excluding hydrogens is 451 g/mol. The minimum atomic E-state index is 0. The minimum absolute atomic E-state index is 0. The summed E-state index contributed by atoms with van der Waals surface area (Å²) in [5.41, 5.74) is 0.364. The Labute approximate surface area is 223 Å². The Bertz CT molecular complexity index is 331. The summed E-state index contributed by atoms with van der Waals surface area (Å²) in [5, 5.41) is 0. The Morgan fingerprint density at radius 1 is 0.484 bits per heavy atom. The van der Waals surface area contributed by atoms with Gasteiger partial charge in [0.25, 0.3) is 0 Å². The molecule has 0 unspecified atom stereocenters. The van der Waals surface area contributed by atoms with Crippen LogP contribution in [0.25, 0.3) is 0 Å². The summed E-state index contributed by atoms with van der Waals surface area (Å²) >= 11 is 0. The number of hydrogen-bond donors (Lipinski definition) is 0. The van der Waals surface area contributed by atoms with Crippen molar-refractivity contribution < 1.29 is 32.7 Å². The van der Waals surface area contributed by atoms with Gasteiger partial charge in [-0.2, -0.15) is 6.42 Å². The zero-order valence-corrected chi connectivity index (χ0v) is 24.7. The molecule has 1 nitrogen and oxygen atoms in total. The van der Waals surface area contributed by atoms with Gasteiger partial charge in [0, 0.05) is 39.3 Å². The van der Waals surface area contributed by atoms with E-state index in [9.17, 15) is 0 Å². The summed E-state index contributed by atoms with van der Waals surface area (Å²) in [4.78, 5) is 2.77. The summed E-state index contributed by atoms with van der Waals surface area (Å²) in [7, 11) is 0. The molecule has 0 saturated carbocycles. The maximum Gasteiger partial charge on any atom is 0.000820 e. The van der Waals surface area contributed by atoms with Gasteiger partial charge in [0.2, 0.25) is 0 Å². The number of hydrogen-bond acceptors (Lipinski definition) is 1. The zero-order chi connectivity index (χ0) is 21.8. The van der Waals surface area contributed by atoms with E-state index in [0.29, 0.717) is 5.41 Å². The summed E-state index contributed by atoms with van der Waals surface area (Å²) in [6.07, 6.45) is 31.8. The van der Waals surface area contributed by atoms with Crippen molar-refractivity contribution in [1.82, 2.24) is 4.90 Å². The Hall–Kier alpha value is 1.06. The summed E-state index contributed by atoms with van der Waals surface area (Å²) < 4.78 is 0. The summed E-state index contributed by atoms with van der Waals surface area (Å²) in [6.45, 7) is 12.8. The molecular formula is C29H58NY-. The van der Waals surface area contributed by atoms with Gasteiger partial charge in [0.05, 0.1) is 0 Å². The molecule has 2 heteroatoms. The fraction of sp³-hybridized carbons (Fsp3) is 0.966. The van der Waals surface area contributed by atoms with Crippen molar-refractivity contribution >= 4 is 0 Å². The van der Waals surface area contributed by atoms with Gasteiger partial charge in [-0.15, -0.1) is 0 Å². The van der Waals surface area contributed by atoms with E-state index in [4.69, 9.17) is 0 Å². The molecule has 183 valence electrons. The van der Waals surface area contributed by atoms with Crippen LogP contribution in [0.4, 0.5) is 0 Å². The van der Waals surface area contributed by atoms with E-state index in [1.807, 2.05) is 0 Å². The first-order chi connectivity index (χ1) is 14.6. The molecule has 0 bridgehead atoms. The maximum atomic E-state index is 4.20. The standard InChI is InChI=1S/C29H58N.Y/c1-4-29(2,3)28-30-26-24-22-20-18-16-14-12-10-8-6-5-7-9-11-13-15-17-19-21-23-25-27-30;/h1,4-28H2,2-3H3;/q-1;. The van der Waals surface area contributed by atoms with E-state index >= 15 is 0 Å². The first kappa shape index (κ1) is 32.1. The third kappa shape index (κ3) is 21.3. The molecule has 1 aliphatic heterocycles. The molecule has 0 aromatic carbocycles. The third-order valence-corrected chi connectivity index (χ3v) is 7.28. The van der Waals surface area contributed by atoms with Crippen LogP contribution in [0.2, 0.25) is 0 Å². The molecule has 0 amide bonds. The van der Waals surface area contributed by atoms with Crippen LogP contribution in [-0.4, -0.2) is 24.5 Å². The van der Waals surface area contributed by atoms with Crippen LogP contribution in [0.1, 0.15) is 155 Å². The molecule has 0 N–H and O–H groups in total. The molecule has 0 aromatic heterocycles. The largest absolute Gasteiger partial charge is 0.343 e. The van der Waals surface area contributed by atoms with E-state index in [1.165, 1.54) is 154 Å². The average molecular weight is 510 g/mol. The van der Waals surface area contributed by atoms with Gasteiger partial charge in [-0.25, -0.2) is 0 Å². The van der Waals surface area contributed by atoms with Crippen molar-refractivity contribution in [2.24, 2.45) is 5.41 Å². The van der Waals surface area contributed by atoms with Gasteiger partial charge in [-0.1, -0.05) is 136 Å². The van der Waals surface area contributed by atoms with Crippen molar-refractivity contribution in [2.45, 2.75) is 155 Å². The van der Waals surface area contributed by atoms with Crippen molar-refractivity contribution in [3.8, 4) is 0 Å². The fourth-order valence-corrected chi connectivity index (χ4v) is 4.98. The predicted molar refractivity (Wildman–Crippen MR) is 137 cm³/mol. The molecule has 0 aliphatic carbocycles. The monoisotopic (exact) mass is 509 g/mol. The van der Waals surface area contributed by atoms with Gasteiger partial charge in [-0.05, 0) is 31.3 Å². The number of rotatable bonds is 3. The Morgan fingerprint density at radius 2 is 0.710 bits per heavy atom. The van der Waals surface area contributed by atoms with Gasteiger partial charge in [0.15, 0.2) is 0 Å². The van der Waals surface area contributed by atoms with Crippen molar-refractivity contribution in [3.05, 3.63) is 6.92 Å². The smallest absolute Gasteiger partial charge is 0.000820 e. The van der Waals surface area contributed by atoms with E-state index in [-0.39, 0.29) is 32.7 Å². The summed E-state index contributed by atoms with van der Waals surface area (Å²) in [6, 6.07) is 0. The Kier molecular flexibility index (Phi) is 23.6. The average Bonchev–Trinajstić information content (AvgIpc) is 2.73. The summed E-state index contributed by atoms with van der Waals surface area (Å²) in [5.74, 6) is 0. The van der Waals surface area contributed by atoms with Crippen molar-refractivity contribution in [2.75, 3.05) is 19.6 Å². The first-order valence-electron chi connectivity index (χ1n) is 14.2. The quantitative estimate of drug-likeness (QED) is 0.342. The van der Waals surface area contributed by atoms with Crippen LogP contribution in [0.15, 0.2) is 0 Å². The van der Waals surface area contributed by atoms with Gasteiger partial charge in [0.1, 0.15) is 0 Å². The Morgan fingerprint density at radius 3 is 0.935 bits per heavy atom. The van der Waals surface area contributed by atoms with Gasteiger partial charge >= 0.3 is 0 Å². The first-order valence-corrected chi connectivity index (χ1v) is 14.2. The second-order valence-corrected chi connectivity index (χ2v) is 11.1. The van der Waals surface area contributed by atoms with Crippen LogP contribution in [0.5, 0.6) is 0 Å². The SMILES string of the molecule is [CH2-]CC(C)(C)CN1CCCCCCCCCCCCCCCCCCCCCCC1.[Y]. The normalized spacial score (nSPS) is 22.2. The van der Waals surface area contributed by atoms with Crippen LogP contribution >= 0.6 is 0 Å². The molecule has 1 heterocycles. The molecule has 1 saturated heterocycles. The van der Waals surface area contributed by atoms with Gasteiger partial charge < -0.3 is 11.8 Å². The topological polar surface area (TPSA) is 3.24 Å². The third-order valence-electron chi connectivity index (χ3n) is 7.28. The van der Waals surface area contributed by atoms with Crippen molar-refractivity contribution in [1.29, 1.82) is 0 Å². The van der Waals surface area contributed by atoms with E-state index in [1.54, 1.807) is 0 Å². The molecule has 0 atom stereocenters. The fourth-order valence-electron chi connectivity index (χ4n) is 4.98. The molecule has 1 rings (SSSR count). The second-order valence-electron chi connectivity index (χ2n) is 11.1. The molecule has 1 aliphatic rings. The molecule has 31 heavy (non-hydrogen) atoms. The van der Waals surface area contributed by atoms with E-state index in [2.05, 4.69) is 25.7 Å². The predicted octanol–water partition coefficient (Wildman–Crippen LogP) is 9.74. The molecule has 0 aromatic rings. The minimum Gasteiger partial charge on any atom is -0.343 e. The van der Waals surface area contributed by atoms with E-state index in [0.717, 1.165) is 6.42 Å². The van der Waals surface area contributed by atoms with Gasteiger partial charge in [-0.3, -0.25) is 0 Å². The molecule has 0 spiro atoms. The van der Waals surface area contributed by atoms with Crippen LogP contribution in [-0.2, 0) is 32.7 Å². The maximum absolute atomic E-state index is 4.20. The molecule has 1 radical (unpaired) electrons. The van der Waals surface area contributed by atoms with E-state index < -0.39 is 0 Å². The van der Waals surface area contributed by atoms with Crippen LogP contribution < -0.4 is 0 Å². The second kappa shape index (κ2) is 22.8. The van der Waals surface area contributed by atoms with Crippen molar-refractivity contribution in [3.63, 3.8) is 0 Å². The molecule has 1 fully saturated rings.